The third-order valence-electron chi connectivity index (χ3n) is 3.51. The second-order valence-electron chi connectivity index (χ2n) is 4.93. The van der Waals surface area contributed by atoms with E-state index in [2.05, 4.69) is 37.0 Å². The molecular formula is C16H23NO. The van der Waals surface area contributed by atoms with Crippen molar-refractivity contribution in [3.05, 3.63) is 42.0 Å². The van der Waals surface area contributed by atoms with Crippen LogP contribution in [0.15, 0.2) is 30.9 Å². The molecule has 0 saturated carbocycles. The molecule has 2 rings (SSSR count). The van der Waals surface area contributed by atoms with Gasteiger partial charge in [-0.15, -0.1) is 0 Å². The summed E-state index contributed by atoms with van der Waals surface area (Å²) in [5.74, 6) is 1.03. The minimum atomic E-state index is 0.0687. The molecule has 2 nitrogen and oxygen atoms in total. The lowest BCUT2D eigenvalue weighted by Crippen LogP contribution is -2.19. The van der Waals surface area contributed by atoms with Gasteiger partial charge in [0, 0.05) is 6.04 Å². The van der Waals surface area contributed by atoms with Crippen LogP contribution in [0.25, 0.3) is 0 Å². The van der Waals surface area contributed by atoms with Crippen LogP contribution >= 0.6 is 0 Å². The molecule has 2 unspecified atom stereocenters. The maximum absolute atomic E-state index is 5.91. The van der Waals surface area contributed by atoms with Crippen molar-refractivity contribution in [3.8, 4) is 5.75 Å². The highest BCUT2D eigenvalue weighted by molar-refractivity contribution is 5.45. The van der Waals surface area contributed by atoms with Crippen molar-refractivity contribution in [2.75, 3.05) is 6.54 Å². The van der Waals surface area contributed by atoms with Crippen LogP contribution in [-0.2, 0) is 6.42 Å². The van der Waals surface area contributed by atoms with Gasteiger partial charge < -0.3 is 10.1 Å². The molecule has 1 N–H and O–H groups in total. The summed E-state index contributed by atoms with van der Waals surface area (Å²) in [5, 5.41) is 3.61. The Hall–Kier alpha value is -1.28. The van der Waals surface area contributed by atoms with Crippen LogP contribution in [0.5, 0.6) is 5.75 Å². The van der Waals surface area contributed by atoms with Gasteiger partial charge in [-0.2, -0.15) is 0 Å². The Bertz CT molecular complexity index is 414. The fourth-order valence-corrected chi connectivity index (χ4v) is 2.51. The van der Waals surface area contributed by atoms with Crippen LogP contribution < -0.4 is 10.1 Å². The molecule has 0 aromatic heterocycles. The van der Waals surface area contributed by atoms with Gasteiger partial charge in [-0.05, 0) is 49.9 Å². The van der Waals surface area contributed by atoms with Gasteiger partial charge >= 0.3 is 0 Å². The highest BCUT2D eigenvalue weighted by atomic mass is 16.5. The molecule has 0 aliphatic heterocycles. The Morgan fingerprint density at radius 2 is 2.39 bits per heavy atom. The van der Waals surface area contributed by atoms with Gasteiger partial charge in [0.25, 0.3) is 0 Å². The second-order valence-corrected chi connectivity index (χ2v) is 4.93. The largest absolute Gasteiger partial charge is 0.486 e. The number of benzene rings is 1. The summed E-state index contributed by atoms with van der Waals surface area (Å²) < 4.78 is 5.91. The van der Waals surface area contributed by atoms with Crippen molar-refractivity contribution in [1.82, 2.24) is 5.32 Å². The van der Waals surface area contributed by atoms with E-state index in [0.717, 1.165) is 18.7 Å². The summed E-state index contributed by atoms with van der Waals surface area (Å²) in [6.07, 6.45) is 5.37. The van der Waals surface area contributed by atoms with E-state index in [-0.39, 0.29) is 6.10 Å². The summed E-state index contributed by atoms with van der Waals surface area (Å²) in [6, 6.07) is 6.89. The zero-order valence-corrected chi connectivity index (χ0v) is 11.4. The first-order chi connectivity index (χ1) is 8.76. The highest BCUT2D eigenvalue weighted by Gasteiger charge is 2.24. The van der Waals surface area contributed by atoms with Crippen molar-refractivity contribution >= 4 is 0 Å². The first kappa shape index (κ1) is 13.2. The first-order valence-electron chi connectivity index (χ1n) is 6.90. The topological polar surface area (TPSA) is 21.3 Å². The van der Waals surface area contributed by atoms with Gasteiger partial charge in [0.15, 0.2) is 0 Å². The lowest BCUT2D eigenvalue weighted by molar-refractivity contribution is 0.268. The number of fused-ring (bicyclic) bond motifs is 1. The van der Waals surface area contributed by atoms with Crippen LogP contribution in [0.3, 0.4) is 0 Å². The quantitative estimate of drug-likeness (QED) is 0.773. The highest BCUT2D eigenvalue weighted by Crippen LogP contribution is 2.37. The Labute approximate surface area is 110 Å². The number of rotatable bonds is 6. The maximum Gasteiger partial charge on any atom is 0.123 e. The van der Waals surface area contributed by atoms with Crippen LogP contribution in [0, 0.1) is 0 Å². The molecule has 2 heteroatoms. The second kappa shape index (κ2) is 6.05. The molecule has 18 heavy (non-hydrogen) atoms. The zero-order valence-electron chi connectivity index (χ0n) is 11.4. The molecule has 1 aromatic carbocycles. The van der Waals surface area contributed by atoms with Gasteiger partial charge in [0.05, 0.1) is 0 Å². The summed E-state index contributed by atoms with van der Waals surface area (Å²) in [4.78, 5) is 0. The molecule has 0 bridgehead atoms. The minimum Gasteiger partial charge on any atom is -0.486 e. The SMILES string of the molecule is C=CC(C)Oc1cccc2c1CCC2NCCC. The van der Waals surface area contributed by atoms with Crippen molar-refractivity contribution in [2.45, 2.75) is 45.3 Å². The first-order valence-corrected chi connectivity index (χ1v) is 6.90. The van der Waals surface area contributed by atoms with Gasteiger partial charge in [-0.3, -0.25) is 0 Å². The molecule has 0 radical (unpaired) electrons. The van der Waals surface area contributed by atoms with Gasteiger partial charge in [0.2, 0.25) is 0 Å². The van der Waals surface area contributed by atoms with Crippen LogP contribution in [0.4, 0.5) is 0 Å². The summed E-state index contributed by atoms with van der Waals surface area (Å²) in [7, 11) is 0. The summed E-state index contributed by atoms with van der Waals surface area (Å²) >= 11 is 0. The van der Waals surface area contributed by atoms with E-state index in [9.17, 15) is 0 Å². The number of hydrogen-bond donors (Lipinski definition) is 1. The van der Waals surface area contributed by atoms with E-state index in [1.807, 2.05) is 13.0 Å². The van der Waals surface area contributed by atoms with Gasteiger partial charge in [-0.1, -0.05) is 31.7 Å². The molecule has 1 aliphatic carbocycles. The van der Waals surface area contributed by atoms with Gasteiger partial charge in [-0.25, -0.2) is 0 Å². The lowest BCUT2D eigenvalue weighted by atomic mass is 10.1. The molecule has 1 aliphatic rings. The van der Waals surface area contributed by atoms with E-state index in [1.165, 1.54) is 24.0 Å². The van der Waals surface area contributed by atoms with Crippen molar-refractivity contribution in [2.24, 2.45) is 0 Å². The lowest BCUT2D eigenvalue weighted by Gasteiger charge is -2.16. The summed E-state index contributed by atoms with van der Waals surface area (Å²) in [5.41, 5.74) is 2.79. The van der Waals surface area contributed by atoms with Crippen LogP contribution in [0.2, 0.25) is 0 Å². The van der Waals surface area contributed by atoms with Gasteiger partial charge in [0.1, 0.15) is 11.9 Å². The predicted octanol–water partition coefficient (Wildman–Crippen LogP) is 3.63. The third-order valence-corrected chi connectivity index (χ3v) is 3.51. The molecule has 0 fully saturated rings. The molecule has 0 heterocycles. The number of hydrogen-bond acceptors (Lipinski definition) is 2. The average Bonchev–Trinajstić information content (AvgIpc) is 2.80. The van der Waals surface area contributed by atoms with Crippen LogP contribution in [-0.4, -0.2) is 12.6 Å². The smallest absolute Gasteiger partial charge is 0.123 e. The zero-order chi connectivity index (χ0) is 13.0. The molecule has 0 amide bonds. The fourth-order valence-electron chi connectivity index (χ4n) is 2.51. The Balaban J connectivity index is 2.16. The van der Waals surface area contributed by atoms with Crippen molar-refractivity contribution in [1.29, 1.82) is 0 Å². The van der Waals surface area contributed by atoms with E-state index in [1.54, 1.807) is 0 Å². The van der Waals surface area contributed by atoms with E-state index < -0.39 is 0 Å². The normalized spacial score (nSPS) is 19.3. The summed E-state index contributed by atoms with van der Waals surface area (Å²) in [6.45, 7) is 9.07. The standard InChI is InChI=1S/C16H23NO/c1-4-11-17-15-10-9-14-13(15)7-6-8-16(14)18-12(3)5-2/h5-8,12,15,17H,2,4,9-11H2,1,3H3. The van der Waals surface area contributed by atoms with Crippen molar-refractivity contribution in [3.63, 3.8) is 0 Å². The van der Waals surface area contributed by atoms with E-state index >= 15 is 0 Å². The molecule has 2 atom stereocenters. The Morgan fingerprint density at radius 3 is 3.11 bits per heavy atom. The fraction of sp³-hybridized carbons (Fsp3) is 0.500. The number of nitrogens with one attached hydrogen (secondary N) is 1. The monoisotopic (exact) mass is 245 g/mol. The number of ether oxygens (including phenoxy) is 1. The predicted molar refractivity (Wildman–Crippen MR) is 76.1 cm³/mol. The minimum absolute atomic E-state index is 0.0687. The van der Waals surface area contributed by atoms with E-state index in [4.69, 9.17) is 4.74 Å². The molecular weight excluding hydrogens is 222 g/mol. The Kier molecular flexibility index (Phi) is 4.43. The third kappa shape index (κ3) is 2.75. The molecule has 0 saturated heterocycles. The molecule has 98 valence electrons. The average molecular weight is 245 g/mol. The van der Waals surface area contributed by atoms with Crippen molar-refractivity contribution < 1.29 is 4.74 Å². The molecule has 1 aromatic rings. The van der Waals surface area contributed by atoms with Crippen LogP contribution in [0.1, 0.15) is 43.9 Å². The maximum atomic E-state index is 5.91. The Morgan fingerprint density at radius 1 is 1.56 bits per heavy atom. The molecule has 0 spiro atoms. The van der Waals surface area contributed by atoms with E-state index in [0.29, 0.717) is 6.04 Å².